The van der Waals surface area contributed by atoms with Gasteiger partial charge in [0.15, 0.2) is 17.5 Å². The zero-order chi connectivity index (χ0) is 44.3. The number of nitrogens with zero attached hydrogens (tertiary/aromatic N) is 4. The fraction of sp³-hybridized carbons (Fsp3) is 0. The number of aromatic nitrogens is 4. The van der Waals surface area contributed by atoms with E-state index in [-0.39, 0.29) is 40.7 Å². The van der Waals surface area contributed by atoms with Crippen molar-refractivity contribution in [2.45, 2.75) is 0 Å². The molecule has 0 aliphatic heterocycles. The zero-order valence-electron chi connectivity index (χ0n) is 38.3. The third-order valence-electron chi connectivity index (χ3n) is 10.1. The molecule has 9 aromatic carbocycles. The van der Waals surface area contributed by atoms with E-state index in [1.54, 1.807) is 18.5 Å². The minimum Gasteiger partial charge on any atom is -0.265 e. The summed E-state index contributed by atoms with van der Waals surface area (Å²) in [5.74, 6) is 0.264. The first kappa shape index (κ1) is 21.9. The molecule has 0 aliphatic rings. The van der Waals surface area contributed by atoms with Crippen molar-refractivity contribution in [3.05, 3.63) is 182 Å². The Bertz CT molecular complexity index is 3730. The van der Waals surface area contributed by atoms with Crippen LogP contribution in [0.5, 0.6) is 0 Å². The quantitative estimate of drug-likeness (QED) is 0.133. The molecule has 4 heteroatoms. The van der Waals surface area contributed by atoms with Gasteiger partial charge in [-0.2, -0.15) is 0 Å². The highest BCUT2D eigenvalue weighted by atomic mass is 15.0. The monoisotopic (exact) mass is 696 g/mol. The molecule has 0 aliphatic carbocycles. The summed E-state index contributed by atoms with van der Waals surface area (Å²) in [6, 6.07) is 30.6. The minimum absolute atomic E-state index is 0.0446. The number of pyridine rings is 1. The first-order chi connectivity index (χ1) is 30.9. The Morgan fingerprint density at radius 2 is 0.963 bits per heavy atom. The van der Waals surface area contributed by atoms with Crippen LogP contribution in [0.2, 0.25) is 0 Å². The SMILES string of the molecule is [2H]c1c([2H])c([2H])c(-c2ccc3c(-c4nc(-c5c([2H])c([2H])c([2H])c([2H])c5[2H])nc(-c5ccc6ccc7cccc8ccc5c6c78)n4)c4ccccc4c(-c4ccncc4)c3c2)c([2H])c1[2H]. The van der Waals surface area contributed by atoms with Crippen molar-refractivity contribution in [3.63, 3.8) is 0 Å². The Labute approximate surface area is 325 Å². The number of hydrogen-bond acceptors (Lipinski definition) is 4. The van der Waals surface area contributed by atoms with Crippen LogP contribution in [0.25, 0.3) is 110 Å². The van der Waals surface area contributed by atoms with E-state index in [4.69, 9.17) is 28.7 Å². The third kappa shape index (κ3) is 4.78. The number of hydrogen-bond donors (Lipinski definition) is 0. The normalized spacial score (nSPS) is 14.3. The highest BCUT2D eigenvalue weighted by molar-refractivity contribution is 6.25. The molecular formula is C50H30N4. The van der Waals surface area contributed by atoms with Gasteiger partial charge in [0.25, 0.3) is 0 Å². The molecule has 11 rings (SSSR count). The van der Waals surface area contributed by atoms with Crippen molar-refractivity contribution < 1.29 is 13.7 Å². The predicted molar refractivity (Wildman–Crippen MR) is 224 cm³/mol. The third-order valence-corrected chi connectivity index (χ3v) is 10.1. The van der Waals surface area contributed by atoms with E-state index in [0.29, 0.717) is 27.5 Å². The topological polar surface area (TPSA) is 51.6 Å². The lowest BCUT2D eigenvalue weighted by Gasteiger charge is -2.19. The van der Waals surface area contributed by atoms with Crippen LogP contribution in [-0.4, -0.2) is 19.9 Å². The highest BCUT2D eigenvalue weighted by Crippen LogP contribution is 2.45. The molecule has 0 bridgehead atoms. The average Bonchev–Trinajstić information content (AvgIpc) is 3.32. The van der Waals surface area contributed by atoms with E-state index in [1.165, 1.54) is 0 Å². The Kier molecular flexibility index (Phi) is 4.93. The summed E-state index contributed by atoms with van der Waals surface area (Å²) in [6.07, 6.45) is 3.37. The molecule has 0 saturated carbocycles. The van der Waals surface area contributed by atoms with E-state index >= 15 is 0 Å². The van der Waals surface area contributed by atoms with Crippen LogP contribution < -0.4 is 0 Å². The molecule has 2 heterocycles. The lowest BCUT2D eigenvalue weighted by Crippen LogP contribution is -2.02. The number of benzene rings is 9. The molecule has 0 fully saturated rings. The van der Waals surface area contributed by atoms with Crippen molar-refractivity contribution in [2.24, 2.45) is 0 Å². The Morgan fingerprint density at radius 1 is 0.370 bits per heavy atom. The first-order valence-corrected chi connectivity index (χ1v) is 17.4. The van der Waals surface area contributed by atoms with Gasteiger partial charge in [0, 0.05) is 29.1 Å². The molecular weight excluding hydrogens is 657 g/mol. The molecule has 0 atom stereocenters. The van der Waals surface area contributed by atoms with Crippen molar-refractivity contribution >= 4 is 53.9 Å². The molecule has 0 amide bonds. The number of fused-ring (bicyclic) bond motifs is 2. The van der Waals surface area contributed by atoms with Crippen molar-refractivity contribution in [3.8, 4) is 56.4 Å². The molecule has 0 unspecified atom stereocenters. The molecule has 54 heavy (non-hydrogen) atoms. The van der Waals surface area contributed by atoms with Crippen LogP contribution >= 0.6 is 0 Å². The second kappa shape index (κ2) is 12.1. The molecule has 11 aromatic rings. The summed E-state index contributed by atoms with van der Waals surface area (Å²) in [5.41, 5.74) is 3.05. The summed E-state index contributed by atoms with van der Waals surface area (Å²) < 4.78 is 86.4. The van der Waals surface area contributed by atoms with Gasteiger partial charge in [-0.25, -0.2) is 15.0 Å². The largest absolute Gasteiger partial charge is 0.265 e. The van der Waals surface area contributed by atoms with Crippen LogP contribution in [0.1, 0.15) is 13.7 Å². The van der Waals surface area contributed by atoms with Crippen LogP contribution in [0.15, 0.2) is 182 Å². The van der Waals surface area contributed by atoms with Gasteiger partial charge in [0.1, 0.15) is 0 Å². The highest BCUT2D eigenvalue weighted by Gasteiger charge is 2.22. The summed E-state index contributed by atoms with van der Waals surface area (Å²) in [4.78, 5) is 19.5. The van der Waals surface area contributed by atoms with E-state index in [0.717, 1.165) is 54.2 Å². The second-order valence-electron chi connectivity index (χ2n) is 13.1. The second-order valence-corrected chi connectivity index (χ2v) is 13.1. The van der Waals surface area contributed by atoms with E-state index in [2.05, 4.69) is 35.3 Å². The maximum Gasteiger partial charge on any atom is 0.165 e. The molecule has 0 N–H and O–H groups in total. The zero-order valence-corrected chi connectivity index (χ0v) is 28.3. The van der Waals surface area contributed by atoms with Gasteiger partial charge in [-0.1, -0.05) is 145 Å². The maximum atomic E-state index is 9.02. The van der Waals surface area contributed by atoms with Gasteiger partial charge in [-0.15, -0.1) is 0 Å². The van der Waals surface area contributed by atoms with Crippen LogP contribution in [-0.2, 0) is 0 Å². The van der Waals surface area contributed by atoms with Gasteiger partial charge >= 0.3 is 0 Å². The maximum absolute atomic E-state index is 9.02. The number of rotatable bonds is 5. The fourth-order valence-corrected chi connectivity index (χ4v) is 7.81. The Hall–Kier alpha value is -7.30. The van der Waals surface area contributed by atoms with Crippen molar-refractivity contribution in [1.82, 2.24) is 19.9 Å². The van der Waals surface area contributed by atoms with Gasteiger partial charge in [-0.3, -0.25) is 4.98 Å². The predicted octanol–water partition coefficient (Wildman–Crippen LogP) is 12.8. The summed E-state index contributed by atoms with van der Waals surface area (Å²) >= 11 is 0. The Morgan fingerprint density at radius 3 is 1.72 bits per heavy atom. The average molecular weight is 697 g/mol. The smallest absolute Gasteiger partial charge is 0.165 e. The standard InChI is InChI=1S/C50H30N4/c1-3-10-31(11-4-1)37-22-24-41-43(30-37)45(35-26-28-51-29-27-35)38-16-7-8-17-39(38)47(41)50-53-48(36-12-5-2-6-13-36)52-49(54-50)42-25-21-34-19-18-32-14-9-15-33-20-23-40(42)46(34)44(32)33/h1-30H/i1D,2D,3D,4D,5D,6D,10D,11D,12D,13D. The van der Waals surface area contributed by atoms with Gasteiger partial charge in [0.2, 0.25) is 0 Å². The van der Waals surface area contributed by atoms with E-state index in [1.807, 2.05) is 72.8 Å². The lowest BCUT2D eigenvalue weighted by molar-refractivity contribution is 1.08. The van der Waals surface area contributed by atoms with Gasteiger partial charge in [0.05, 0.1) is 13.7 Å². The fourth-order valence-electron chi connectivity index (χ4n) is 7.81. The minimum atomic E-state index is -0.543. The van der Waals surface area contributed by atoms with Gasteiger partial charge in [-0.05, 0) is 100 Å². The molecule has 0 saturated heterocycles. The molecule has 250 valence electrons. The van der Waals surface area contributed by atoms with Crippen LogP contribution in [0, 0.1) is 0 Å². The van der Waals surface area contributed by atoms with Crippen LogP contribution in [0.4, 0.5) is 0 Å². The van der Waals surface area contributed by atoms with Crippen LogP contribution in [0.3, 0.4) is 0 Å². The van der Waals surface area contributed by atoms with E-state index in [9.17, 15) is 0 Å². The van der Waals surface area contributed by atoms with Crippen molar-refractivity contribution in [2.75, 3.05) is 0 Å². The molecule has 2 aromatic heterocycles. The first-order valence-electron chi connectivity index (χ1n) is 22.4. The molecule has 0 spiro atoms. The van der Waals surface area contributed by atoms with Gasteiger partial charge < -0.3 is 0 Å². The molecule has 4 nitrogen and oxygen atoms in total. The molecule has 0 radical (unpaired) electrons. The Balaban J connectivity index is 1.28. The van der Waals surface area contributed by atoms with E-state index < -0.39 is 48.3 Å². The lowest BCUT2D eigenvalue weighted by atomic mass is 9.87. The summed E-state index contributed by atoms with van der Waals surface area (Å²) in [7, 11) is 0. The summed E-state index contributed by atoms with van der Waals surface area (Å²) in [5, 5.41) is 8.91. The van der Waals surface area contributed by atoms with Crippen molar-refractivity contribution in [1.29, 1.82) is 0 Å². The summed E-state index contributed by atoms with van der Waals surface area (Å²) in [6.45, 7) is 0.